The Morgan fingerprint density at radius 3 is 2.64 bits per heavy atom. The zero-order chi connectivity index (χ0) is 16.7. The van der Waals surface area contributed by atoms with Crippen molar-refractivity contribution in [3.63, 3.8) is 0 Å². The van der Waals surface area contributed by atoms with Gasteiger partial charge < -0.3 is 5.73 Å². The molecule has 0 amide bonds. The number of hydrogen-bond donors (Lipinski definition) is 1. The summed E-state index contributed by atoms with van der Waals surface area (Å²) < 4.78 is 40.4. The van der Waals surface area contributed by atoms with Gasteiger partial charge >= 0.3 is 0 Å². The van der Waals surface area contributed by atoms with Gasteiger partial charge in [-0.15, -0.1) is 0 Å². The van der Waals surface area contributed by atoms with Gasteiger partial charge in [0, 0.05) is 25.2 Å². The molecule has 2 rings (SSSR count). The molecule has 0 aliphatic carbocycles. The highest BCUT2D eigenvalue weighted by Gasteiger charge is 2.42. The number of nitro benzene ring substituents is 1. The maximum absolute atomic E-state index is 14.0. The van der Waals surface area contributed by atoms with Crippen molar-refractivity contribution in [2.45, 2.75) is 31.2 Å². The van der Waals surface area contributed by atoms with Crippen LogP contribution in [0.25, 0.3) is 0 Å². The summed E-state index contributed by atoms with van der Waals surface area (Å²) in [5.41, 5.74) is 4.71. The molecule has 1 atom stereocenters. The van der Waals surface area contributed by atoms with Crippen molar-refractivity contribution >= 4 is 15.7 Å². The maximum atomic E-state index is 14.0. The summed E-state index contributed by atoms with van der Waals surface area (Å²) >= 11 is 0. The van der Waals surface area contributed by atoms with E-state index in [4.69, 9.17) is 5.73 Å². The number of benzene rings is 1. The van der Waals surface area contributed by atoms with Gasteiger partial charge in [-0.05, 0) is 17.9 Å². The molecule has 0 aromatic heterocycles. The van der Waals surface area contributed by atoms with Crippen LogP contribution in [0.2, 0.25) is 0 Å². The van der Waals surface area contributed by atoms with Gasteiger partial charge in [-0.2, -0.15) is 4.31 Å². The topological polar surface area (TPSA) is 107 Å². The van der Waals surface area contributed by atoms with Gasteiger partial charge in [0.2, 0.25) is 0 Å². The third kappa shape index (κ3) is 2.83. The summed E-state index contributed by atoms with van der Waals surface area (Å²) in [7, 11) is -4.30. The Labute approximate surface area is 128 Å². The monoisotopic (exact) mass is 331 g/mol. The van der Waals surface area contributed by atoms with E-state index in [2.05, 4.69) is 0 Å². The molecule has 0 saturated carbocycles. The van der Waals surface area contributed by atoms with Crippen molar-refractivity contribution in [1.82, 2.24) is 4.31 Å². The van der Waals surface area contributed by atoms with Gasteiger partial charge in [0.05, 0.1) is 4.92 Å². The van der Waals surface area contributed by atoms with Crippen LogP contribution in [-0.4, -0.2) is 36.8 Å². The molecule has 7 nitrogen and oxygen atoms in total. The highest BCUT2D eigenvalue weighted by atomic mass is 32.2. The molecule has 1 aliphatic heterocycles. The first kappa shape index (κ1) is 16.8. The maximum Gasteiger partial charge on any atom is 0.292 e. The second-order valence-electron chi connectivity index (χ2n) is 6.07. The Bertz CT molecular complexity index is 705. The van der Waals surface area contributed by atoms with Crippen molar-refractivity contribution < 1.29 is 17.7 Å². The van der Waals surface area contributed by atoms with Gasteiger partial charge in [-0.1, -0.05) is 19.9 Å². The van der Waals surface area contributed by atoms with Crippen LogP contribution in [0.5, 0.6) is 0 Å². The molecule has 1 saturated heterocycles. The molecule has 1 aromatic carbocycles. The Balaban J connectivity index is 2.51. The number of piperidine rings is 1. The first-order valence-corrected chi connectivity index (χ1v) is 8.20. The van der Waals surface area contributed by atoms with E-state index >= 15 is 0 Å². The average molecular weight is 331 g/mol. The molecule has 22 heavy (non-hydrogen) atoms. The number of hydrogen-bond acceptors (Lipinski definition) is 5. The van der Waals surface area contributed by atoms with Crippen molar-refractivity contribution in [2.24, 2.45) is 11.1 Å². The van der Waals surface area contributed by atoms with Crippen LogP contribution in [-0.2, 0) is 10.0 Å². The van der Waals surface area contributed by atoms with Crippen LogP contribution in [0.3, 0.4) is 0 Å². The Morgan fingerprint density at radius 1 is 1.45 bits per heavy atom. The van der Waals surface area contributed by atoms with Crippen LogP contribution in [0.15, 0.2) is 23.1 Å². The lowest BCUT2D eigenvalue weighted by molar-refractivity contribution is -0.388. The largest absolute Gasteiger partial charge is 0.327 e. The average Bonchev–Trinajstić information content (AvgIpc) is 2.40. The highest BCUT2D eigenvalue weighted by molar-refractivity contribution is 7.89. The first-order valence-electron chi connectivity index (χ1n) is 6.76. The van der Waals surface area contributed by atoms with E-state index in [-0.39, 0.29) is 19.1 Å². The van der Waals surface area contributed by atoms with Crippen molar-refractivity contribution in [3.8, 4) is 0 Å². The van der Waals surface area contributed by atoms with Crippen molar-refractivity contribution in [3.05, 3.63) is 34.1 Å². The fourth-order valence-corrected chi connectivity index (χ4v) is 4.38. The van der Waals surface area contributed by atoms with Crippen LogP contribution in [0.1, 0.15) is 20.3 Å². The number of halogens is 1. The lowest BCUT2D eigenvalue weighted by Gasteiger charge is -2.41. The zero-order valence-corrected chi connectivity index (χ0v) is 13.1. The molecule has 0 radical (unpaired) electrons. The molecule has 2 N–H and O–H groups in total. The van der Waals surface area contributed by atoms with E-state index in [0.29, 0.717) is 6.42 Å². The second kappa shape index (κ2) is 5.56. The summed E-state index contributed by atoms with van der Waals surface area (Å²) in [5, 5.41) is 11.0. The van der Waals surface area contributed by atoms with Gasteiger partial charge in [0.15, 0.2) is 4.90 Å². The summed E-state index contributed by atoms with van der Waals surface area (Å²) in [6.45, 7) is 3.82. The minimum Gasteiger partial charge on any atom is -0.327 e. The van der Waals surface area contributed by atoms with Gasteiger partial charge in [-0.25, -0.2) is 12.8 Å². The molecule has 1 aromatic rings. The van der Waals surface area contributed by atoms with E-state index in [9.17, 15) is 22.9 Å². The molecular formula is C13H18FN3O4S. The smallest absolute Gasteiger partial charge is 0.292 e. The van der Waals surface area contributed by atoms with E-state index in [1.807, 2.05) is 13.8 Å². The summed E-state index contributed by atoms with van der Waals surface area (Å²) in [4.78, 5) is 9.24. The predicted octanol–water partition coefficient (Wildman–Crippen LogP) is 1.48. The number of rotatable bonds is 3. The van der Waals surface area contributed by atoms with E-state index in [0.717, 1.165) is 22.5 Å². The van der Waals surface area contributed by atoms with Crippen molar-refractivity contribution in [1.29, 1.82) is 0 Å². The van der Waals surface area contributed by atoms with E-state index in [1.165, 1.54) is 0 Å². The van der Waals surface area contributed by atoms with Crippen molar-refractivity contribution in [2.75, 3.05) is 13.1 Å². The van der Waals surface area contributed by atoms with Crippen LogP contribution < -0.4 is 5.73 Å². The standard InChI is InChI=1S/C13H18FN3O4S/c1-13(2)8-16(7-6-11(13)15)22(20,21)12-9(14)4-3-5-10(12)17(18)19/h3-5,11H,6-8,15H2,1-2H3. The van der Waals surface area contributed by atoms with Gasteiger partial charge in [0.1, 0.15) is 5.82 Å². The lowest BCUT2D eigenvalue weighted by Crippen LogP contribution is -2.54. The third-order valence-corrected chi connectivity index (χ3v) is 5.93. The second-order valence-corrected chi connectivity index (χ2v) is 7.94. The van der Waals surface area contributed by atoms with E-state index in [1.54, 1.807) is 0 Å². The lowest BCUT2D eigenvalue weighted by atomic mass is 9.81. The molecule has 1 fully saturated rings. The Hall–Kier alpha value is -1.58. The molecule has 1 unspecified atom stereocenters. The predicted molar refractivity (Wildman–Crippen MR) is 78.2 cm³/mol. The minimum absolute atomic E-state index is 0.0853. The van der Waals surface area contributed by atoms with E-state index < -0.39 is 36.8 Å². The number of nitrogens with two attached hydrogens (primary N) is 1. The third-order valence-electron chi connectivity index (χ3n) is 4.02. The molecule has 0 bridgehead atoms. The van der Waals surface area contributed by atoms with Crippen LogP contribution >= 0.6 is 0 Å². The van der Waals surface area contributed by atoms with Gasteiger partial charge in [0.25, 0.3) is 15.7 Å². The molecule has 0 spiro atoms. The van der Waals surface area contributed by atoms with Crippen LogP contribution in [0.4, 0.5) is 10.1 Å². The first-order chi connectivity index (χ1) is 10.1. The SMILES string of the molecule is CC1(C)CN(S(=O)(=O)c2c(F)cccc2[N+](=O)[O-])CCC1N. The Kier molecular flexibility index (Phi) is 4.24. The molecule has 9 heteroatoms. The Morgan fingerprint density at radius 2 is 2.09 bits per heavy atom. The zero-order valence-electron chi connectivity index (χ0n) is 12.3. The fraction of sp³-hybridized carbons (Fsp3) is 0.538. The highest BCUT2D eigenvalue weighted by Crippen LogP contribution is 2.34. The number of nitrogens with zero attached hydrogens (tertiary/aromatic N) is 2. The molecule has 1 heterocycles. The number of sulfonamides is 1. The normalized spacial score (nSPS) is 22.5. The quantitative estimate of drug-likeness (QED) is 0.667. The summed E-state index contributed by atoms with van der Waals surface area (Å²) in [5.74, 6) is -1.12. The minimum atomic E-state index is -4.30. The van der Waals surface area contributed by atoms with Crippen LogP contribution in [0, 0.1) is 21.3 Å². The summed E-state index contributed by atoms with van der Waals surface area (Å²) in [6, 6.07) is 2.81. The fourth-order valence-electron chi connectivity index (χ4n) is 2.56. The van der Waals surface area contributed by atoms with Gasteiger partial charge in [-0.3, -0.25) is 10.1 Å². The number of nitro groups is 1. The molecular weight excluding hydrogens is 313 g/mol. The summed E-state index contributed by atoms with van der Waals surface area (Å²) in [6.07, 6.45) is 0.411. The molecule has 122 valence electrons. The molecule has 1 aliphatic rings.